The average molecular weight is 320 g/mol. The Balaban J connectivity index is 2.88. The highest BCUT2D eigenvalue weighted by Gasteiger charge is 2.34. The molecule has 17 heavy (non-hydrogen) atoms. The van der Waals surface area contributed by atoms with Crippen molar-refractivity contribution in [3.05, 3.63) is 22.7 Å². The highest BCUT2D eigenvalue weighted by molar-refractivity contribution is 9.11. The van der Waals surface area contributed by atoms with Gasteiger partial charge in [0.1, 0.15) is 5.67 Å². The quantitative estimate of drug-likeness (QED) is 0.510. The van der Waals surface area contributed by atoms with Crippen molar-refractivity contribution in [2.75, 3.05) is 0 Å². The maximum atomic E-state index is 14.3. The first-order chi connectivity index (χ1) is 7.62. The van der Waals surface area contributed by atoms with Crippen molar-refractivity contribution >= 4 is 33.6 Å². The van der Waals surface area contributed by atoms with Crippen molar-refractivity contribution in [2.45, 2.75) is 45.0 Å². The van der Waals surface area contributed by atoms with E-state index >= 15 is 0 Å². The molecule has 0 radical (unpaired) electrons. The van der Waals surface area contributed by atoms with E-state index in [-0.39, 0.29) is 10.7 Å². The lowest BCUT2D eigenvalue weighted by molar-refractivity contribution is 0.226. The van der Waals surface area contributed by atoms with Gasteiger partial charge in [0.05, 0.1) is 5.92 Å². The lowest BCUT2D eigenvalue weighted by Gasteiger charge is -2.28. The van der Waals surface area contributed by atoms with Crippen molar-refractivity contribution in [3.8, 4) is 0 Å². The zero-order valence-corrected chi connectivity index (χ0v) is 13.3. The molecule has 0 aliphatic heterocycles. The number of alkyl halides is 1. The molecule has 0 saturated carbocycles. The third kappa shape index (κ3) is 4.59. The fourth-order valence-electron chi connectivity index (χ4n) is 1.52. The molecular formula is C13H19BrFNS. The van der Waals surface area contributed by atoms with Gasteiger partial charge in [0.15, 0.2) is 0 Å². The van der Waals surface area contributed by atoms with E-state index in [1.165, 1.54) is 11.9 Å². The van der Waals surface area contributed by atoms with E-state index < -0.39 is 5.67 Å². The van der Waals surface area contributed by atoms with Crippen molar-refractivity contribution in [3.63, 3.8) is 0 Å². The summed E-state index contributed by atoms with van der Waals surface area (Å²) in [7, 11) is 0. The van der Waals surface area contributed by atoms with E-state index in [0.29, 0.717) is 0 Å². The fraction of sp³-hybridized carbons (Fsp3) is 0.615. The molecule has 0 N–H and O–H groups in total. The molecule has 0 amide bonds. The van der Waals surface area contributed by atoms with Crippen LogP contribution in [0.25, 0.3) is 0 Å². The Morgan fingerprint density at radius 3 is 2.65 bits per heavy atom. The minimum absolute atomic E-state index is 0.0550. The topological polar surface area (TPSA) is 12.4 Å². The van der Waals surface area contributed by atoms with Gasteiger partial charge < -0.3 is 0 Å². The Bertz CT molecular complexity index is 377. The van der Waals surface area contributed by atoms with Crippen molar-refractivity contribution in [2.24, 2.45) is 10.3 Å². The summed E-state index contributed by atoms with van der Waals surface area (Å²) < 4.78 is 19.7. The van der Waals surface area contributed by atoms with Gasteiger partial charge in [-0.25, -0.2) is 8.79 Å². The van der Waals surface area contributed by atoms with Gasteiger partial charge in [-0.3, -0.25) is 0 Å². The molecule has 1 aliphatic rings. The molecule has 96 valence electrons. The standard InChI is InChI=1S/C13H19BrFNS/c1-9(16-17-12(2,3)4)11-8-10(14)6-7-13(11,5)15/h6-8,11H,1-5H3/b16-9-. The van der Waals surface area contributed by atoms with Gasteiger partial charge >= 0.3 is 0 Å². The third-order valence-corrected chi connectivity index (χ3v) is 3.87. The number of nitrogens with zero attached hydrogens (tertiary/aromatic N) is 1. The number of halogens is 2. The first kappa shape index (κ1) is 15.0. The molecule has 0 spiro atoms. The largest absolute Gasteiger partial charge is 0.239 e. The monoisotopic (exact) mass is 319 g/mol. The number of hydrogen-bond donors (Lipinski definition) is 0. The summed E-state index contributed by atoms with van der Waals surface area (Å²) in [5.41, 5.74) is -0.542. The summed E-state index contributed by atoms with van der Waals surface area (Å²) in [4.78, 5) is 0. The second kappa shape index (κ2) is 5.27. The van der Waals surface area contributed by atoms with E-state index in [1.54, 1.807) is 19.1 Å². The van der Waals surface area contributed by atoms with E-state index in [9.17, 15) is 4.39 Å². The van der Waals surface area contributed by atoms with Crippen LogP contribution in [0.1, 0.15) is 34.6 Å². The Labute approximate surface area is 116 Å². The normalized spacial score (nSPS) is 30.4. The molecule has 2 atom stereocenters. The van der Waals surface area contributed by atoms with Crippen LogP contribution in [-0.4, -0.2) is 16.1 Å². The van der Waals surface area contributed by atoms with Crippen molar-refractivity contribution in [1.29, 1.82) is 0 Å². The highest BCUT2D eigenvalue weighted by Crippen LogP contribution is 2.35. The van der Waals surface area contributed by atoms with Crippen LogP contribution in [0.5, 0.6) is 0 Å². The third-order valence-electron chi connectivity index (χ3n) is 2.42. The molecule has 0 fully saturated rings. The molecule has 1 aliphatic carbocycles. The zero-order chi connectivity index (χ0) is 13.3. The highest BCUT2D eigenvalue weighted by atomic mass is 79.9. The minimum atomic E-state index is -1.36. The summed E-state index contributed by atoms with van der Waals surface area (Å²) in [6.45, 7) is 9.75. The van der Waals surface area contributed by atoms with Crippen LogP contribution >= 0.6 is 27.9 Å². The van der Waals surface area contributed by atoms with Gasteiger partial charge in [0.25, 0.3) is 0 Å². The van der Waals surface area contributed by atoms with Gasteiger partial charge in [0, 0.05) is 14.9 Å². The first-order valence-electron chi connectivity index (χ1n) is 5.60. The van der Waals surface area contributed by atoms with Crippen LogP contribution in [-0.2, 0) is 0 Å². The molecule has 1 rings (SSSR count). The molecule has 0 bridgehead atoms. The lowest BCUT2D eigenvalue weighted by Crippen LogP contribution is -2.33. The van der Waals surface area contributed by atoms with Gasteiger partial charge in [-0.1, -0.05) is 22.0 Å². The molecule has 0 aromatic heterocycles. The molecule has 1 nitrogen and oxygen atoms in total. The summed E-state index contributed by atoms with van der Waals surface area (Å²) in [5.74, 6) is -0.295. The molecule has 4 heteroatoms. The number of hydrogen-bond acceptors (Lipinski definition) is 2. The molecule has 0 aromatic carbocycles. The molecular weight excluding hydrogens is 301 g/mol. The SMILES string of the molecule is C/C(=N/SC(C)(C)C)C1C=C(Br)C=CC1(C)F. The zero-order valence-electron chi connectivity index (χ0n) is 10.9. The van der Waals surface area contributed by atoms with Gasteiger partial charge in [-0.15, -0.1) is 0 Å². The Hall–Kier alpha value is -0.0900. The summed E-state index contributed by atoms with van der Waals surface area (Å²) in [6.07, 6.45) is 5.21. The molecule has 0 heterocycles. The minimum Gasteiger partial charge on any atom is -0.239 e. The molecule has 2 unspecified atom stereocenters. The van der Waals surface area contributed by atoms with Crippen LogP contribution in [0, 0.1) is 5.92 Å². The van der Waals surface area contributed by atoms with Crippen LogP contribution in [0.4, 0.5) is 4.39 Å². The first-order valence-corrected chi connectivity index (χ1v) is 7.16. The van der Waals surface area contributed by atoms with E-state index in [4.69, 9.17) is 0 Å². The molecule has 0 saturated heterocycles. The van der Waals surface area contributed by atoms with Crippen LogP contribution < -0.4 is 0 Å². The maximum Gasteiger partial charge on any atom is 0.138 e. The second-order valence-corrected chi connectivity index (χ2v) is 7.96. The number of rotatable bonds is 2. The predicted octanol–water partition coefficient (Wildman–Crippen LogP) is 5.09. The summed E-state index contributed by atoms with van der Waals surface area (Å²) >= 11 is 4.87. The van der Waals surface area contributed by atoms with Gasteiger partial charge in [-0.2, -0.15) is 0 Å². The van der Waals surface area contributed by atoms with Gasteiger partial charge in [-0.05, 0) is 58.7 Å². The lowest BCUT2D eigenvalue weighted by atomic mass is 9.84. The molecule has 0 aromatic rings. The summed E-state index contributed by atoms with van der Waals surface area (Å²) in [5, 5.41) is 0. The Morgan fingerprint density at radius 2 is 2.12 bits per heavy atom. The fourth-order valence-corrected chi connectivity index (χ4v) is 2.45. The Kier molecular flexibility index (Phi) is 4.64. The van der Waals surface area contributed by atoms with Crippen LogP contribution in [0.3, 0.4) is 0 Å². The smallest absolute Gasteiger partial charge is 0.138 e. The van der Waals surface area contributed by atoms with Crippen molar-refractivity contribution < 1.29 is 4.39 Å². The van der Waals surface area contributed by atoms with Gasteiger partial charge in [0.2, 0.25) is 0 Å². The van der Waals surface area contributed by atoms with E-state index in [0.717, 1.165) is 10.2 Å². The van der Waals surface area contributed by atoms with Crippen LogP contribution in [0.15, 0.2) is 27.1 Å². The van der Waals surface area contributed by atoms with Crippen LogP contribution in [0.2, 0.25) is 0 Å². The maximum absolute atomic E-state index is 14.3. The Morgan fingerprint density at radius 1 is 1.53 bits per heavy atom. The second-order valence-electron chi connectivity index (χ2n) is 5.45. The average Bonchev–Trinajstić information content (AvgIpc) is 2.17. The van der Waals surface area contributed by atoms with E-state index in [1.807, 2.05) is 13.0 Å². The van der Waals surface area contributed by atoms with Crippen molar-refractivity contribution in [1.82, 2.24) is 0 Å². The van der Waals surface area contributed by atoms with E-state index in [2.05, 4.69) is 41.1 Å². The predicted molar refractivity (Wildman–Crippen MR) is 79.6 cm³/mol. The number of allylic oxidation sites excluding steroid dienone is 4. The summed E-state index contributed by atoms with van der Waals surface area (Å²) in [6, 6.07) is 0.